The van der Waals surface area contributed by atoms with E-state index in [0.717, 1.165) is 5.56 Å². The van der Waals surface area contributed by atoms with Crippen molar-refractivity contribution in [3.05, 3.63) is 71.3 Å². The van der Waals surface area contributed by atoms with Gasteiger partial charge < -0.3 is 15.7 Å². The number of benzene rings is 2. The third-order valence-electron chi connectivity index (χ3n) is 3.65. The molecule has 132 valence electrons. The molecule has 0 heterocycles. The molecule has 2 amide bonds. The first-order chi connectivity index (χ1) is 12.5. The van der Waals surface area contributed by atoms with Crippen LogP contribution in [0.2, 0.25) is 0 Å². The van der Waals surface area contributed by atoms with E-state index in [4.69, 9.17) is 5.26 Å². The van der Waals surface area contributed by atoms with Crippen molar-refractivity contribution < 1.29 is 19.5 Å². The zero-order valence-electron chi connectivity index (χ0n) is 13.8. The zero-order chi connectivity index (χ0) is 18.9. The van der Waals surface area contributed by atoms with Gasteiger partial charge in [0.1, 0.15) is 12.6 Å². The summed E-state index contributed by atoms with van der Waals surface area (Å²) in [5, 5.41) is 22.8. The number of carbonyl (C=O) groups is 3. The highest BCUT2D eigenvalue weighted by atomic mass is 16.4. The van der Waals surface area contributed by atoms with Crippen molar-refractivity contribution in [2.24, 2.45) is 0 Å². The predicted molar refractivity (Wildman–Crippen MR) is 93.4 cm³/mol. The van der Waals surface area contributed by atoms with Gasteiger partial charge in [-0.15, -0.1) is 0 Å². The quantitative estimate of drug-likeness (QED) is 0.651. The SMILES string of the molecule is N#CCNC(=O)C(Cc1ccccc1)NC(=O)c1ccccc1C(=O)O. The maximum absolute atomic E-state index is 12.5. The number of nitrogens with one attached hydrogen (secondary N) is 2. The summed E-state index contributed by atoms with van der Waals surface area (Å²) in [7, 11) is 0. The molecule has 0 fully saturated rings. The van der Waals surface area contributed by atoms with Crippen LogP contribution in [0.15, 0.2) is 54.6 Å². The topological polar surface area (TPSA) is 119 Å². The number of hydrogen-bond acceptors (Lipinski definition) is 4. The third-order valence-corrected chi connectivity index (χ3v) is 3.65. The summed E-state index contributed by atoms with van der Waals surface area (Å²) in [6, 6.07) is 15.7. The lowest BCUT2D eigenvalue weighted by molar-refractivity contribution is -0.122. The molecule has 7 heteroatoms. The van der Waals surface area contributed by atoms with Gasteiger partial charge in [0.15, 0.2) is 0 Å². The molecule has 0 aliphatic carbocycles. The number of hydrogen-bond donors (Lipinski definition) is 3. The number of carbonyl (C=O) groups excluding carboxylic acids is 2. The van der Waals surface area contributed by atoms with E-state index in [2.05, 4.69) is 10.6 Å². The summed E-state index contributed by atoms with van der Waals surface area (Å²) < 4.78 is 0. The summed E-state index contributed by atoms with van der Waals surface area (Å²) in [5.41, 5.74) is 0.628. The number of nitriles is 1. The molecule has 0 bridgehead atoms. The molecule has 2 aromatic rings. The van der Waals surface area contributed by atoms with Gasteiger partial charge in [-0.05, 0) is 17.7 Å². The van der Waals surface area contributed by atoms with Gasteiger partial charge in [0, 0.05) is 6.42 Å². The first kappa shape index (κ1) is 18.7. The van der Waals surface area contributed by atoms with Gasteiger partial charge in [-0.25, -0.2) is 4.79 Å². The van der Waals surface area contributed by atoms with Crippen LogP contribution in [-0.4, -0.2) is 35.5 Å². The van der Waals surface area contributed by atoms with Gasteiger partial charge in [-0.1, -0.05) is 42.5 Å². The van der Waals surface area contributed by atoms with Gasteiger partial charge >= 0.3 is 5.97 Å². The standard InChI is InChI=1S/C19H17N3O4/c20-10-11-21-18(24)16(12-13-6-2-1-3-7-13)22-17(23)14-8-4-5-9-15(14)19(25)26/h1-9,16H,11-12H2,(H,21,24)(H,22,23)(H,25,26). The molecule has 0 saturated heterocycles. The molecule has 0 aliphatic rings. The van der Waals surface area contributed by atoms with Crippen LogP contribution in [0.4, 0.5) is 0 Å². The largest absolute Gasteiger partial charge is 0.478 e. The first-order valence-corrected chi connectivity index (χ1v) is 7.84. The summed E-state index contributed by atoms with van der Waals surface area (Å²) in [4.78, 5) is 36.1. The van der Waals surface area contributed by atoms with Crippen molar-refractivity contribution in [1.29, 1.82) is 5.26 Å². The van der Waals surface area contributed by atoms with Crippen molar-refractivity contribution in [1.82, 2.24) is 10.6 Å². The van der Waals surface area contributed by atoms with E-state index >= 15 is 0 Å². The van der Waals surface area contributed by atoms with Crippen LogP contribution in [0.3, 0.4) is 0 Å². The predicted octanol–water partition coefficient (Wildman–Crippen LogP) is 1.37. The Labute approximate surface area is 150 Å². The second-order valence-corrected chi connectivity index (χ2v) is 5.44. The highest BCUT2D eigenvalue weighted by Crippen LogP contribution is 2.10. The molecule has 2 rings (SSSR count). The Morgan fingerprint density at radius 2 is 1.62 bits per heavy atom. The molecule has 0 saturated carbocycles. The smallest absolute Gasteiger partial charge is 0.336 e. The van der Waals surface area contributed by atoms with Gasteiger partial charge in [0.2, 0.25) is 5.91 Å². The molecule has 0 spiro atoms. The Bertz CT molecular complexity index is 843. The van der Waals surface area contributed by atoms with Crippen molar-refractivity contribution in [3.63, 3.8) is 0 Å². The molecule has 2 aromatic carbocycles. The fraction of sp³-hybridized carbons (Fsp3) is 0.158. The summed E-state index contributed by atoms with van der Waals surface area (Å²) >= 11 is 0. The molecule has 1 atom stereocenters. The molecule has 1 unspecified atom stereocenters. The van der Waals surface area contributed by atoms with Crippen molar-refractivity contribution in [2.75, 3.05) is 6.54 Å². The minimum atomic E-state index is -1.23. The van der Waals surface area contributed by atoms with Crippen molar-refractivity contribution in [2.45, 2.75) is 12.5 Å². The Kier molecular flexibility index (Phi) is 6.46. The Balaban J connectivity index is 2.23. The van der Waals surface area contributed by atoms with E-state index in [1.54, 1.807) is 24.3 Å². The molecule has 0 aliphatic heterocycles. The molecular formula is C19H17N3O4. The lowest BCUT2D eigenvalue weighted by atomic mass is 10.0. The number of aromatic carboxylic acids is 1. The third kappa shape index (κ3) is 4.92. The van der Waals surface area contributed by atoms with Crippen molar-refractivity contribution >= 4 is 17.8 Å². The zero-order valence-corrected chi connectivity index (χ0v) is 13.8. The van der Waals surface area contributed by atoms with Crippen LogP contribution in [0.25, 0.3) is 0 Å². The summed E-state index contributed by atoms with van der Waals surface area (Å²) in [5.74, 6) is -2.42. The molecule has 0 aromatic heterocycles. The number of amides is 2. The van der Waals surface area contributed by atoms with Gasteiger partial charge in [-0.2, -0.15) is 5.26 Å². The highest BCUT2D eigenvalue weighted by Gasteiger charge is 2.24. The average molecular weight is 351 g/mol. The fourth-order valence-corrected chi connectivity index (χ4v) is 2.41. The fourth-order valence-electron chi connectivity index (χ4n) is 2.41. The van der Waals surface area contributed by atoms with Crippen LogP contribution < -0.4 is 10.6 Å². The lowest BCUT2D eigenvalue weighted by Crippen LogP contribution is -2.48. The van der Waals surface area contributed by atoms with Crippen LogP contribution in [0.5, 0.6) is 0 Å². The summed E-state index contributed by atoms with van der Waals surface area (Å²) in [6.45, 7) is -0.189. The second kappa shape index (κ2) is 8.99. The maximum Gasteiger partial charge on any atom is 0.336 e. The number of carboxylic acids is 1. The van der Waals surface area contributed by atoms with Crippen molar-refractivity contribution in [3.8, 4) is 6.07 Å². The van der Waals surface area contributed by atoms with Gasteiger partial charge in [0.05, 0.1) is 17.2 Å². The lowest BCUT2D eigenvalue weighted by Gasteiger charge is -2.18. The van der Waals surface area contributed by atoms with Gasteiger partial charge in [0.25, 0.3) is 5.91 Å². The minimum Gasteiger partial charge on any atom is -0.478 e. The number of rotatable bonds is 7. The van der Waals surface area contributed by atoms with E-state index in [9.17, 15) is 19.5 Å². The van der Waals surface area contributed by atoms with Crippen LogP contribution in [0.1, 0.15) is 26.3 Å². The highest BCUT2D eigenvalue weighted by molar-refractivity contribution is 6.06. The molecule has 26 heavy (non-hydrogen) atoms. The molecular weight excluding hydrogens is 334 g/mol. The Morgan fingerprint density at radius 3 is 2.23 bits per heavy atom. The van der Waals surface area contributed by atoms with Crippen LogP contribution in [0, 0.1) is 11.3 Å². The average Bonchev–Trinajstić information content (AvgIpc) is 2.66. The summed E-state index contributed by atoms with van der Waals surface area (Å²) in [6.07, 6.45) is 0.207. The number of carboxylic acid groups (broad SMARTS) is 1. The number of nitrogens with zero attached hydrogens (tertiary/aromatic N) is 1. The van der Waals surface area contributed by atoms with E-state index < -0.39 is 23.8 Å². The first-order valence-electron chi connectivity index (χ1n) is 7.84. The maximum atomic E-state index is 12.5. The van der Waals surface area contributed by atoms with E-state index in [0.29, 0.717) is 0 Å². The molecule has 3 N–H and O–H groups in total. The monoisotopic (exact) mass is 351 g/mol. The Hall–Kier alpha value is -3.66. The normalized spacial score (nSPS) is 11.0. The van der Waals surface area contributed by atoms with E-state index in [-0.39, 0.29) is 24.1 Å². The van der Waals surface area contributed by atoms with Crippen LogP contribution in [-0.2, 0) is 11.2 Å². The second-order valence-electron chi connectivity index (χ2n) is 5.44. The van der Waals surface area contributed by atoms with E-state index in [1.807, 2.05) is 18.2 Å². The Morgan fingerprint density at radius 1 is 1.00 bits per heavy atom. The van der Waals surface area contributed by atoms with Crippen LogP contribution >= 0.6 is 0 Å². The van der Waals surface area contributed by atoms with Gasteiger partial charge in [-0.3, -0.25) is 9.59 Å². The molecule has 0 radical (unpaired) electrons. The minimum absolute atomic E-state index is 0.0360. The van der Waals surface area contributed by atoms with E-state index in [1.165, 1.54) is 18.2 Å². The molecule has 7 nitrogen and oxygen atoms in total.